The molecule has 2 aromatic carbocycles. The molecule has 0 aliphatic carbocycles. The molecule has 21 heavy (non-hydrogen) atoms. The molecule has 3 nitrogen and oxygen atoms in total. The summed E-state index contributed by atoms with van der Waals surface area (Å²) in [6, 6.07) is 12.9. The van der Waals surface area contributed by atoms with Gasteiger partial charge in [0, 0.05) is 4.47 Å². The first-order valence-electron chi connectivity index (χ1n) is 6.34. The van der Waals surface area contributed by atoms with Crippen molar-refractivity contribution in [2.45, 2.75) is 0 Å². The average molecular weight is 347 g/mol. The highest BCUT2D eigenvalue weighted by atomic mass is 79.9. The van der Waals surface area contributed by atoms with Crippen LogP contribution in [0.5, 0.6) is 11.5 Å². The summed E-state index contributed by atoms with van der Waals surface area (Å²) in [4.78, 5) is 12.3. The van der Waals surface area contributed by atoms with Crippen LogP contribution in [0.1, 0.15) is 15.9 Å². The van der Waals surface area contributed by atoms with Crippen LogP contribution < -0.4 is 9.47 Å². The van der Waals surface area contributed by atoms with Crippen LogP contribution in [0.25, 0.3) is 6.08 Å². The number of carbonyl (C=O) groups excluding carboxylic acids is 1. The van der Waals surface area contributed by atoms with Gasteiger partial charge in [-0.2, -0.15) is 0 Å². The van der Waals surface area contributed by atoms with E-state index in [4.69, 9.17) is 9.47 Å². The standard InChI is InChI=1S/C17H15BrO3/c1-20-14-8-10-17(21-2)15(11-14)16(19)9-5-12-3-6-13(18)7-4-12/h3-11H,1-2H3/b9-5+. The highest BCUT2D eigenvalue weighted by Crippen LogP contribution is 2.25. The van der Waals surface area contributed by atoms with Gasteiger partial charge in [-0.3, -0.25) is 4.79 Å². The van der Waals surface area contributed by atoms with E-state index in [9.17, 15) is 4.79 Å². The Hall–Kier alpha value is -2.07. The minimum atomic E-state index is -0.131. The predicted octanol–water partition coefficient (Wildman–Crippen LogP) is 4.36. The number of carbonyl (C=O) groups is 1. The van der Waals surface area contributed by atoms with Gasteiger partial charge in [0.1, 0.15) is 11.5 Å². The van der Waals surface area contributed by atoms with Gasteiger partial charge in [-0.15, -0.1) is 0 Å². The van der Waals surface area contributed by atoms with Crippen molar-refractivity contribution in [3.8, 4) is 11.5 Å². The second-order valence-corrected chi connectivity index (χ2v) is 5.23. The van der Waals surface area contributed by atoms with E-state index in [-0.39, 0.29) is 5.78 Å². The van der Waals surface area contributed by atoms with Gasteiger partial charge in [-0.05, 0) is 42.0 Å². The van der Waals surface area contributed by atoms with Gasteiger partial charge in [-0.1, -0.05) is 34.1 Å². The predicted molar refractivity (Wildman–Crippen MR) is 87.1 cm³/mol. The maximum absolute atomic E-state index is 12.3. The monoisotopic (exact) mass is 346 g/mol. The number of rotatable bonds is 5. The summed E-state index contributed by atoms with van der Waals surface area (Å²) in [5, 5.41) is 0. The first-order chi connectivity index (χ1) is 10.1. The SMILES string of the molecule is COc1ccc(OC)c(C(=O)/C=C/c2ccc(Br)cc2)c1. The van der Waals surface area contributed by atoms with Crippen LogP contribution >= 0.6 is 15.9 Å². The Kier molecular flexibility index (Phi) is 5.17. The molecule has 0 unspecified atom stereocenters. The van der Waals surface area contributed by atoms with E-state index in [1.165, 1.54) is 13.2 Å². The van der Waals surface area contributed by atoms with E-state index in [1.807, 2.05) is 24.3 Å². The third-order valence-electron chi connectivity index (χ3n) is 2.97. The van der Waals surface area contributed by atoms with Gasteiger partial charge in [0.25, 0.3) is 0 Å². The number of benzene rings is 2. The largest absolute Gasteiger partial charge is 0.497 e. The molecule has 0 spiro atoms. The Balaban J connectivity index is 2.25. The summed E-state index contributed by atoms with van der Waals surface area (Å²) in [5.74, 6) is 1.02. The zero-order valence-electron chi connectivity index (χ0n) is 11.8. The molecule has 0 aromatic heterocycles. The van der Waals surface area contributed by atoms with Crippen LogP contribution in [0, 0.1) is 0 Å². The van der Waals surface area contributed by atoms with Crippen molar-refractivity contribution < 1.29 is 14.3 Å². The third-order valence-corrected chi connectivity index (χ3v) is 3.50. The van der Waals surface area contributed by atoms with E-state index in [0.717, 1.165) is 10.0 Å². The van der Waals surface area contributed by atoms with Crippen LogP contribution in [0.15, 0.2) is 53.0 Å². The van der Waals surface area contributed by atoms with E-state index in [2.05, 4.69) is 15.9 Å². The van der Waals surface area contributed by atoms with Crippen LogP contribution in [0.2, 0.25) is 0 Å². The number of methoxy groups -OCH3 is 2. The quantitative estimate of drug-likeness (QED) is 0.595. The zero-order chi connectivity index (χ0) is 15.2. The fourth-order valence-electron chi connectivity index (χ4n) is 1.84. The smallest absolute Gasteiger partial charge is 0.189 e. The van der Waals surface area contributed by atoms with Crippen molar-refractivity contribution in [2.75, 3.05) is 14.2 Å². The molecular formula is C17H15BrO3. The summed E-state index contributed by atoms with van der Waals surface area (Å²) in [6.45, 7) is 0. The number of halogens is 1. The summed E-state index contributed by atoms with van der Waals surface area (Å²) < 4.78 is 11.4. The van der Waals surface area contributed by atoms with Gasteiger partial charge in [0.15, 0.2) is 5.78 Å². The Morgan fingerprint density at radius 1 is 1.05 bits per heavy atom. The molecule has 2 aromatic rings. The maximum Gasteiger partial charge on any atom is 0.189 e. The first kappa shape index (κ1) is 15.3. The average Bonchev–Trinajstić information content (AvgIpc) is 2.53. The van der Waals surface area contributed by atoms with E-state index in [1.54, 1.807) is 31.4 Å². The summed E-state index contributed by atoms with van der Waals surface area (Å²) in [7, 11) is 3.10. The molecule has 0 aliphatic heterocycles. The van der Waals surface area contributed by atoms with E-state index >= 15 is 0 Å². The normalized spacial score (nSPS) is 10.6. The van der Waals surface area contributed by atoms with Gasteiger partial charge >= 0.3 is 0 Å². The fourth-order valence-corrected chi connectivity index (χ4v) is 2.11. The van der Waals surface area contributed by atoms with Crippen molar-refractivity contribution in [2.24, 2.45) is 0 Å². The summed E-state index contributed by atoms with van der Waals surface area (Å²) in [5.41, 5.74) is 1.43. The highest BCUT2D eigenvalue weighted by molar-refractivity contribution is 9.10. The van der Waals surface area contributed by atoms with Gasteiger partial charge < -0.3 is 9.47 Å². The molecule has 0 aliphatic rings. The van der Waals surface area contributed by atoms with Crippen molar-refractivity contribution in [3.05, 3.63) is 64.1 Å². The van der Waals surface area contributed by atoms with Crippen LogP contribution in [-0.4, -0.2) is 20.0 Å². The molecule has 0 fully saturated rings. The molecule has 0 bridgehead atoms. The second-order valence-electron chi connectivity index (χ2n) is 4.32. The lowest BCUT2D eigenvalue weighted by Gasteiger charge is -2.07. The second kappa shape index (κ2) is 7.09. The number of allylic oxidation sites excluding steroid dienone is 1. The molecular weight excluding hydrogens is 332 g/mol. The molecule has 0 N–H and O–H groups in total. The Labute approximate surface area is 132 Å². The first-order valence-corrected chi connectivity index (χ1v) is 7.13. The molecule has 108 valence electrons. The van der Waals surface area contributed by atoms with Crippen molar-refractivity contribution in [3.63, 3.8) is 0 Å². The van der Waals surface area contributed by atoms with Gasteiger partial charge in [0.05, 0.1) is 19.8 Å². The molecule has 0 amide bonds. The van der Waals surface area contributed by atoms with Crippen molar-refractivity contribution >= 4 is 27.8 Å². The zero-order valence-corrected chi connectivity index (χ0v) is 13.4. The Morgan fingerprint density at radius 3 is 2.38 bits per heavy atom. The van der Waals surface area contributed by atoms with Gasteiger partial charge in [-0.25, -0.2) is 0 Å². The van der Waals surface area contributed by atoms with Crippen molar-refractivity contribution in [1.82, 2.24) is 0 Å². The lowest BCUT2D eigenvalue weighted by molar-refractivity contribution is 0.104. The van der Waals surface area contributed by atoms with Crippen LogP contribution in [0.4, 0.5) is 0 Å². The Bertz CT molecular complexity index is 660. The number of ether oxygens (including phenoxy) is 2. The maximum atomic E-state index is 12.3. The molecule has 0 heterocycles. The summed E-state index contributed by atoms with van der Waals surface area (Å²) in [6.07, 6.45) is 3.30. The van der Waals surface area contributed by atoms with Crippen molar-refractivity contribution in [1.29, 1.82) is 0 Å². The number of hydrogen-bond donors (Lipinski definition) is 0. The topological polar surface area (TPSA) is 35.5 Å². The molecule has 0 saturated carbocycles. The lowest BCUT2D eigenvalue weighted by Crippen LogP contribution is -1.99. The third kappa shape index (κ3) is 3.95. The van der Waals surface area contributed by atoms with E-state index < -0.39 is 0 Å². The lowest BCUT2D eigenvalue weighted by atomic mass is 10.1. The number of hydrogen-bond acceptors (Lipinski definition) is 3. The van der Waals surface area contributed by atoms with Gasteiger partial charge in [0.2, 0.25) is 0 Å². The van der Waals surface area contributed by atoms with Crippen LogP contribution in [-0.2, 0) is 0 Å². The highest BCUT2D eigenvalue weighted by Gasteiger charge is 2.11. The molecule has 0 saturated heterocycles. The molecule has 0 radical (unpaired) electrons. The fraction of sp³-hybridized carbons (Fsp3) is 0.118. The minimum absolute atomic E-state index is 0.131. The minimum Gasteiger partial charge on any atom is -0.497 e. The summed E-state index contributed by atoms with van der Waals surface area (Å²) >= 11 is 3.38. The Morgan fingerprint density at radius 2 is 1.76 bits per heavy atom. The van der Waals surface area contributed by atoms with E-state index in [0.29, 0.717) is 17.1 Å². The van der Waals surface area contributed by atoms with Crippen LogP contribution in [0.3, 0.4) is 0 Å². The molecule has 4 heteroatoms. The molecule has 2 rings (SSSR count). The molecule has 0 atom stereocenters. The number of ketones is 1.